The summed E-state index contributed by atoms with van der Waals surface area (Å²) in [5.41, 5.74) is 0.557. The van der Waals surface area contributed by atoms with E-state index in [0.717, 1.165) is 11.0 Å². The van der Waals surface area contributed by atoms with Crippen LogP contribution in [-0.2, 0) is 14.9 Å². The van der Waals surface area contributed by atoms with Gasteiger partial charge in [-0.1, -0.05) is 23.7 Å². The maximum absolute atomic E-state index is 10.6. The lowest BCUT2D eigenvalue weighted by atomic mass is 9.77. The van der Waals surface area contributed by atoms with E-state index in [1.165, 1.54) is 0 Å². The average Bonchev–Trinajstić information content (AvgIpc) is 2.78. The lowest BCUT2D eigenvalue weighted by molar-refractivity contribution is 0.00578. The van der Waals surface area contributed by atoms with Crippen LogP contribution in [0, 0.1) is 6.92 Å². The summed E-state index contributed by atoms with van der Waals surface area (Å²) in [4.78, 5) is 0. The molecule has 150 valence electrons. The maximum Gasteiger partial charge on any atom is 0.494 e. The van der Waals surface area contributed by atoms with E-state index < -0.39 is 23.9 Å². The van der Waals surface area contributed by atoms with Crippen molar-refractivity contribution >= 4 is 24.2 Å². The fourth-order valence-electron chi connectivity index (χ4n) is 2.92. The SMILES string of the molecule is Cc1ccc(Oc2cc(B3OC(C)(C)C(C)(C)O3)cc(C(C)(C)O)c2)cc1Cl. The number of hydrogen-bond donors (Lipinski definition) is 1. The molecule has 0 amide bonds. The third-order valence-electron chi connectivity index (χ3n) is 5.54. The minimum atomic E-state index is -1.04. The highest BCUT2D eigenvalue weighted by Gasteiger charge is 2.52. The first kappa shape index (κ1) is 21.2. The van der Waals surface area contributed by atoms with Gasteiger partial charge < -0.3 is 19.2 Å². The van der Waals surface area contributed by atoms with Crippen LogP contribution in [0.25, 0.3) is 0 Å². The molecular formula is C22H28BClO4. The first-order chi connectivity index (χ1) is 12.8. The predicted octanol–water partition coefficient (Wildman–Crippen LogP) is 4.97. The Bertz CT molecular complexity index is 871. The van der Waals surface area contributed by atoms with Crippen molar-refractivity contribution in [2.45, 2.75) is 65.3 Å². The zero-order valence-corrected chi connectivity index (χ0v) is 18.3. The summed E-state index contributed by atoms with van der Waals surface area (Å²) >= 11 is 6.22. The summed E-state index contributed by atoms with van der Waals surface area (Å²) in [6, 6.07) is 11.2. The van der Waals surface area contributed by atoms with Crippen molar-refractivity contribution in [1.82, 2.24) is 0 Å². The molecule has 0 unspecified atom stereocenters. The summed E-state index contributed by atoms with van der Waals surface area (Å²) in [5.74, 6) is 1.22. The summed E-state index contributed by atoms with van der Waals surface area (Å²) in [7, 11) is -0.545. The van der Waals surface area contributed by atoms with Gasteiger partial charge >= 0.3 is 7.12 Å². The molecule has 0 radical (unpaired) electrons. The maximum atomic E-state index is 10.6. The summed E-state index contributed by atoms with van der Waals surface area (Å²) in [5, 5.41) is 11.2. The van der Waals surface area contributed by atoms with Crippen LogP contribution in [-0.4, -0.2) is 23.4 Å². The lowest BCUT2D eigenvalue weighted by Gasteiger charge is -2.32. The number of hydrogen-bond acceptors (Lipinski definition) is 4. The highest BCUT2D eigenvalue weighted by atomic mass is 35.5. The topological polar surface area (TPSA) is 47.9 Å². The molecule has 0 bridgehead atoms. The van der Waals surface area contributed by atoms with Gasteiger partial charge in [-0.2, -0.15) is 0 Å². The molecule has 4 nitrogen and oxygen atoms in total. The van der Waals surface area contributed by atoms with E-state index >= 15 is 0 Å². The Balaban J connectivity index is 1.99. The van der Waals surface area contributed by atoms with Crippen molar-refractivity contribution in [1.29, 1.82) is 0 Å². The Hall–Kier alpha value is -1.53. The smallest absolute Gasteiger partial charge is 0.457 e. The van der Waals surface area contributed by atoms with E-state index in [1.807, 2.05) is 65.0 Å². The number of benzene rings is 2. The molecule has 0 spiro atoms. The van der Waals surface area contributed by atoms with Gasteiger partial charge in [-0.15, -0.1) is 0 Å². The fraction of sp³-hybridized carbons (Fsp3) is 0.455. The van der Waals surface area contributed by atoms with Gasteiger partial charge in [0.1, 0.15) is 11.5 Å². The second kappa shape index (κ2) is 7.07. The number of aryl methyl sites for hydroxylation is 1. The molecule has 1 heterocycles. The quantitative estimate of drug-likeness (QED) is 0.734. The molecule has 0 atom stereocenters. The average molecular weight is 403 g/mol. The van der Waals surface area contributed by atoms with Crippen LogP contribution in [0.5, 0.6) is 11.5 Å². The van der Waals surface area contributed by atoms with Crippen molar-refractivity contribution in [3.8, 4) is 11.5 Å². The second-order valence-electron chi connectivity index (χ2n) is 8.95. The van der Waals surface area contributed by atoms with Crippen molar-refractivity contribution in [3.05, 3.63) is 52.5 Å². The molecule has 6 heteroatoms. The molecule has 0 aliphatic carbocycles. The minimum Gasteiger partial charge on any atom is -0.457 e. The summed E-state index contributed by atoms with van der Waals surface area (Å²) in [6.45, 7) is 13.5. The largest absolute Gasteiger partial charge is 0.494 e. The number of rotatable bonds is 4. The molecule has 1 N–H and O–H groups in total. The molecule has 2 aromatic rings. The van der Waals surface area contributed by atoms with E-state index in [9.17, 15) is 5.11 Å². The van der Waals surface area contributed by atoms with Crippen LogP contribution in [0.2, 0.25) is 5.02 Å². The number of aliphatic hydroxyl groups is 1. The first-order valence-corrected chi connectivity index (χ1v) is 9.84. The molecule has 0 aromatic heterocycles. The van der Waals surface area contributed by atoms with Crippen LogP contribution >= 0.6 is 11.6 Å². The standard InChI is InChI=1S/C22H28BClO4/c1-14-8-9-17(13-19(14)24)26-18-11-15(20(2,3)25)10-16(12-18)23-27-21(4,5)22(6,7)28-23/h8-13,25H,1-7H3. The Labute approximate surface area is 172 Å². The van der Waals surface area contributed by atoms with Crippen LogP contribution in [0.4, 0.5) is 0 Å². The molecular weight excluding hydrogens is 375 g/mol. The first-order valence-electron chi connectivity index (χ1n) is 9.46. The molecule has 1 aliphatic heterocycles. The van der Waals surface area contributed by atoms with E-state index in [4.69, 9.17) is 25.6 Å². The Morgan fingerprint density at radius 3 is 2.11 bits per heavy atom. The van der Waals surface area contributed by atoms with Crippen LogP contribution < -0.4 is 10.2 Å². The molecule has 1 fully saturated rings. The highest BCUT2D eigenvalue weighted by Crippen LogP contribution is 2.37. The summed E-state index contributed by atoms with van der Waals surface area (Å²) < 4.78 is 18.4. The zero-order chi connectivity index (χ0) is 20.9. The van der Waals surface area contributed by atoms with Crippen molar-refractivity contribution in [3.63, 3.8) is 0 Å². The normalized spacial score (nSPS) is 18.4. The van der Waals surface area contributed by atoms with Gasteiger partial charge in [-0.05, 0) is 89.3 Å². The molecule has 28 heavy (non-hydrogen) atoms. The molecule has 0 saturated carbocycles. The third kappa shape index (κ3) is 4.23. The van der Waals surface area contributed by atoms with Gasteiger partial charge in [0.2, 0.25) is 0 Å². The molecule has 3 rings (SSSR count). The number of halogens is 1. The second-order valence-corrected chi connectivity index (χ2v) is 9.36. The van der Waals surface area contributed by atoms with E-state index in [-0.39, 0.29) is 0 Å². The number of ether oxygens (including phenoxy) is 1. The Morgan fingerprint density at radius 2 is 1.57 bits per heavy atom. The van der Waals surface area contributed by atoms with Crippen LogP contribution in [0.1, 0.15) is 52.7 Å². The third-order valence-corrected chi connectivity index (χ3v) is 5.95. The zero-order valence-electron chi connectivity index (χ0n) is 17.6. The van der Waals surface area contributed by atoms with E-state index in [1.54, 1.807) is 19.9 Å². The van der Waals surface area contributed by atoms with E-state index in [0.29, 0.717) is 22.1 Å². The van der Waals surface area contributed by atoms with Crippen molar-refractivity contribution in [2.75, 3.05) is 0 Å². The molecule has 1 aliphatic rings. The van der Waals surface area contributed by atoms with Gasteiger partial charge in [0.05, 0.1) is 16.8 Å². The van der Waals surface area contributed by atoms with Crippen molar-refractivity contribution < 1.29 is 19.2 Å². The monoisotopic (exact) mass is 402 g/mol. The van der Waals surface area contributed by atoms with Crippen LogP contribution in [0.15, 0.2) is 36.4 Å². The molecule has 1 saturated heterocycles. The fourth-order valence-corrected chi connectivity index (χ4v) is 3.09. The predicted molar refractivity (Wildman–Crippen MR) is 114 cm³/mol. The van der Waals surface area contributed by atoms with Crippen molar-refractivity contribution in [2.24, 2.45) is 0 Å². The van der Waals surface area contributed by atoms with Gasteiger partial charge in [0.25, 0.3) is 0 Å². The Kier molecular flexibility index (Phi) is 5.35. The van der Waals surface area contributed by atoms with Gasteiger partial charge in [-0.3, -0.25) is 0 Å². The summed E-state index contributed by atoms with van der Waals surface area (Å²) in [6.07, 6.45) is 0. The minimum absolute atomic E-state index is 0.450. The lowest BCUT2D eigenvalue weighted by Crippen LogP contribution is -2.41. The van der Waals surface area contributed by atoms with Gasteiger partial charge in [0.15, 0.2) is 0 Å². The van der Waals surface area contributed by atoms with Gasteiger partial charge in [0, 0.05) is 5.02 Å². The molecule has 2 aromatic carbocycles. The van der Waals surface area contributed by atoms with Crippen LogP contribution in [0.3, 0.4) is 0 Å². The Morgan fingerprint density at radius 1 is 0.964 bits per heavy atom. The van der Waals surface area contributed by atoms with Gasteiger partial charge in [-0.25, -0.2) is 0 Å². The van der Waals surface area contributed by atoms with E-state index in [2.05, 4.69) is 0 Å². The highest BCUT2D eigenvalue weighted by molar-refractivity contribution is 6.62.